The summed E-state index contributed by atoms with van der Waals surface area (Å²) in [7, 11) is -2.46. The minimum Gasteiger partial charge on any atom is -0.508 e. The molecule has 1 aromatic heterocycles. The van der Waals surface area contributed by atoms with Crippen LogP contribution in [0.1, 0.15) is 75.8 Å². The molecule has 1 fully saturated rings. The van der Waals surface area contributed by atoms with Crippen LogP contribution in [0.3, 0.4) is 0 Å². The lowest BCUT2D eigenvalue weighted by Gasteiger charge is -2.38. The van der Waals surface area contributed by atoms with Gasteiger partial charge < -0.3 is 62.0 Å². The van der Waals surface area contributed by atoms with E-state index in [9.17, 15) is 9.90 Å². The van der Waals surface area contributed by atoms with Gasteiger partial charge in [0, 0.05) is 79.0 Å². The number of carbonyl (C=O) groups excluding carboxylic acids is 1. The average molecular weight is 1470 g/mol. The predicted molar refractivity (Wildman–Crippen MR) is 467 cm³/mol. The second-order valence-corrected chi connectivity index (χ2v) is 32.1. The van der Waals surface area contributed by atoms with Gasteiger partial charge in [0.15, 0.2) is 8.07 Å². The molecule has 1 amide bonds. The first-order valence-corrected chi connectivity index (χ1v) is 39.2. The molecule has 1 saturated carbocycles. The third-order valence-electron chi connectivity index (χ3n) is 21.3. The lowest BCUT2D eigenvalue weighted by atomic mass is 9.65. The molecule has 0 saturated heterocycles. The highest BCUT2D eigenvalue weighted by Crippen LogP contribution is 2.63. The first-order valence-electron chi connectivity index (χ1n) is 37.2. The van der Waals surface area contributed by atoms with E-state index in [0.29, 0.717) is 28.4 Å². The number of hydrogen-bond acceptors (Lipinski definition) is 12. The number of pyridine rings is 1. The van der Waals surface area contributed by atoms with Crippen LogP contribution in [0, 0.1) is 0 Å². The van der Waals surface area contributed by atoms with E-state index in [4.69, 9.17) is 56.6 Å². The van der Waals surface area contributed by atoms with Crippen molar-refractivity contribution in [2.45, 2.75) is 42.9 Å². The van der Waals surface area contributed by atoms with E-state index in [1.54, 1.807) is 60.7 Å². The standard InChI is InChI=1S/C25H18N2.C24H22N2Si.C18H21NO.C17H15N3.C13H13N3O/c26-15-9-11-19-20-12-10-16(27)14-24(20)25(23(19)13-15)21-7-3-1-5-17(21)18-6-2-4-8-22(18)25;25-19-11-15-23(16-12-19)27(21-7-3-1-4-8-21,22-9-5-2-6-10-22)24-17-13-20(26)14-18-24;19-16-8-4-14(5-9-16)18(12-2-1-3-13-18)15-6-10-17(20)11-7-15;18-14-8-4-12(5-9-14)16-2-1-3-17(20-16)13-6-10-15(19)11-7-13;14-10-3-1-9(2-4-10)13(17)16-12-7-5-11(15)6-8-12/h1-14H,26-27H2;1-18H,25-26H2;4-11,20H,1-3,12-13,19H2;1-11H,18-19H2;1-8H,14-15H2,(H,16,17). The van der Waals surface area contributed by atoms with Gasteiger partial charge in [0.2, 0.25) is 0 Å². The first kappa shape index (κ1) is 73.8. The molecule has 13 nitrogen and oxygen atoms in total. The predicted octanol–water partition coefficient (Wildman–Crippen LogP) is 17.3. The fraction of sp³-hybridized carbons (Fsp3) is 0.0722. The molecule has 0 bridgehead atoms. The van der Waals surface area contributed by atoms with Crippen LogP contribution in [0.25, 0.3) is 44.8 Å². The van der Waals surface area contributed by atoms with Gasteiger partial charge in [-0.15, -0.1) is 0 Å². The van der Waals surface area contributed by atoms with E-state index in [2.05, 4.69) is 187 Å². The van der Waals surface area contributed by atoms with E-state index in [-0.39, 0.29) is 16.7 Å². The molecule has 0 aliphatic heterocycles. The quantitative estimate of drug-likeness (QED) is 0.0346. The van der Waals surface area contributed by atoms with E-state index < -0.39 is 8.07 Å². The topological polar surface area (TPSA) is 296 Å². The highest BCUT2D eigenvalue weighted by Gasteiger charge is 2.52. The van der Waals surface area contributed by atoms with Crippen molar-refractivity contribution in [3.8, 4) is 50.5 Å². The summed E-state index contributed by atoms with van der Waals surface area (Å²) < 4.78 is 0. The zero-order valence-electron chi connectivity index (χ0n) is 61.6. The Morgan fingerprint density at radius 2 is 0.649 bits per heavy atom. The number of carbonyl (C=O) groups is 1. The van der Waals surface area contributed by atoms with Crippen LogP contribution in [0.2, 0.25) is 0 Å². The summed E-state index contributed by atoms with van der Waals surface area (Å²) in [5, 5.41) is 17.6. The zero-order chi connectivity index (χ0) is 77.1. The highest BCUT2D eigenvalue weighted by molar-refractivity contribution is 7.19. The van der Waals surface area contributed by atoms with Crippen molar-refractivity contribution in [3.63, 3.8) is 0 Å². The summed E-state index contributed by atoms with van der Waals surface area (Å²) in [5.74, 6) is 0.159. The lowest BCUT2D eigenvalue weighted by Crippen LogP contribution is -2.74. The largest absolute Gasteiger partial charge is 0.508 e. The molecule has 14 heteroatoms. The monoisotopic (exact) mass is 1470 g/mol. The maximum absolute atomic E-state index is 11.8. The Morgan fingerprint density at radius 1 is 0.315 bits per heavy atom. The van der Waals surface area contributed by atoms with Crippen LogP contribution in [-0.2, 0) is 10.8 Å². The molecule has 3 aliphatic rings. The normalized spacial score (nSPS) is 12.9. The maximum Gasteiger partial charge on any atom is 0.255 e. The van der Waals surface area contributed by atoms with Gasteiger partial charge in [0.25, 0.3) is 5.91 Å². The van der Waals surface area contributed by atoms with Gasteiger partial charge in [-0.2, -0.15) is 0 Å². The van der Waals surface area contributed by atoms with Crippen molar-refractivity contribution in [2.75, 3.05) is 56.9 Å². The number of benzene rings is 14. The molecule has 0 radical (unpaired) electrons. The van der Waals surface area contributed by atoms with Crippen molar-refractivity contribution in [1.29, 1.82) is 0 Å². The van der Waals surface area contributed by atoms with Gasteiger partial charge in [-0.25, -0.2) is 4.98 Å². The number of nitrogens with zero attached hydrogens (tertiary/aromatic N) is 1. The number of rotatable bonds is 10. The van der Waals surface area contributed by atoms with E-state index in [1.807, 2.05) is 115 Å². The van der Waals surface area contributed by atoms with Crippen molar-refractivity contribution in [2.24, 2.45) is 0 Å². The van der Waals surface area contributed by atoms with Gasteiger partial charge in [-0.3, -0.25) is 4.79 Å². The van der Waals surface area contributed by atoms with E-state index >= 15 is 0 Å². The summed E-state index contributed by atoms with van der Waals surface area (Å²) in [6.07, 6.45) is 6.16. The smallest absolute Gasteiger partial charge is 0.255 e. The zero-order valence-corrected chi connectivity index (χ0v) is 62.6. The summed E-state index contributed by atoms with van der Waals surface area (Å²) in [4.78, 5) is 16.5. The SMILES string of the molecule is Nc1ccc(-c2cccc(-c3ccc(N)cc3)n2)cc1.Nc1ccc(C2(c3ccc(O)cc3)CCCCC2)cc1.Nc1ccc(NC(=O)c2ccc(N)cc2)cc1.Nc1ccc([Si](c2ccccc2)(c2ccccc2)c2ccc(N)cc2)cc1.Nc1ccc2c(c1)C1(c3ccccc3-c3ccccc31)c1cc(N)ccc1-2. The molecule has 1 heterocycles. The summed E-state index contributed by atoms with van der Waals surface area (Å²) in [5.41, 5.74) is 77.4. The number of nitrogens with one attached hydrogen (secondary N) is 1. The number of anilines is 10. The summed E-state index contributed by atoms with van der Waals surface area (Å²) >= 11 is 0. The van der Waals surface area contributed by atoms with Gasteiger partial charge in [-0.1, -0.05) is 219 Å². The molecule has 0 unspecified atom stereocenters. The van der Waals surface area contributed by atoms with Gasteiger partial charge in [0.1, 0.15) is 5.75 Å². The molecule has 3 aliphatic carbocycles. The molecule has 548 valence electrons. The minimum absolute atomic E-state index is 0.0830. The number of aromatic hydroxyl groups is 1. The van der Waals surface area contributed by atoms with Crippen molar-refractivity contribution in [1.82, 2.24) is 4.98 Å². The second kappa shape index (κ2) is 32.6. The average Bonchev–Trinajstić information content (AvgIpc) is 1.51. The van der Waals surface area contributed by atoms with Gasteiger partial charge in [-0.05, 0) is 247 Å². The number of amides is 1. The number of nitrogen functional groups attached to an aromatic ring is 9. The molecule has 1 spiro atoms. The van der Waals surface area contributed by atoms with Gasteiger partial charge >= 0.3 is 0 Å². The van der Waals surface area contributed by atoms with Crippen LogP contribution < -0.4 is 77.7 Å². The molecule has 14 aromatic carbocycles. The maximum atomic E-state index is 11.8. The number of hydrogen-bond donors (Lipinski definition) is 11. The summed E-state index contributed by atoms with van der Waals surface area (Å²) in [6, 6.07) is 119. The fourth-order valence-corrected chi connectivity index (χ4v) is 20.7. The van der Waals surface area contributed by atoms with E-state index in [1.165, 1.54) is 108 Å². The number of phenolic OH excluding ortho intramolecular Hbond substituents is 1. The van der Waals surface area contributed by atoms with Crippen LogP contribution in [0.5, 0.6) is 5.75 Å². The Kier molecular flexibility index (Phi) is 21.6. The number of nitrogens with two attached hydrogens (primary N) is 9. The molecule has 0 atom stereocenters. The van der Waals surface area contributed by atoms with Gasteiger partial charge in [0.05, 0.1) is 16.8 Å². The fourth-order valence-electron chi connectivity index (χ4n) is 16.0. The lowest BCUT2D eigenvalue weighted by molar-refractivity contribution is 0.102. The number of fused-ring (bicyclic) bond motifs is 10. The van der Waals surface area contributed by atoms with E-state index in [0.717, 1.165) is 62.3 Å². The van der Waals surface area contributed by atoms with Crippen LogP contribution in [-0.4, -0.2) is 24.1 Å². The van der Waals surface area contributed by atoms with Crippen molar-refractivity contribution < 1.29 is 9.90 Å². The minimum atomic E-state index is -2.46. The van der Waals surface area contributed by atoms with Crippen molar-refractivity contribution >= 4 is 91.6 Å². The first-order chi connectivity index (χ1) is 54.0. The van der Waals surface area contributed by atoms with Crippen LogP contribution in [0.15, 0.2) is 358 Å². The van der Waals surface area contributed by atoms with Crippen LogP contribution in [0.4, 0.5) is 56.9 Å². The molecular weight excluding hydrogens is 1380 g/mol. The highest BCUT2D eigenvalue weighted by atomic mass is 28.3. The molecule has 20 N–H and O–H groups in total. The molecule has 15 aromatic rings. The Morgan fingerprint density at radius 3 is 1.07 bits per heavy atom. The Balaban J connectivity index is 0.000000117. The van der Waals surface area contributed by atoms with Crippen LogP contribution >= 0.6 is 0 Å². The van der Waals surface area contributed by atoms with Crippen molar-refractivity contribution in [3.05, 3.63) is 397 Å². The molecular formula is C97H89N11O2Si. The third-order valence-corrected chi connectivity index (χ3v) is 26.1. The Bertz CT molecular complexity index is 5400. The Hall–Kier alpha value is -14.1. The molecule has 111 heavy (non-hydrogen) atoms. The third kappa shape index (κ3) is 15.5. The second-order valence-electron chi connectivity index (χ2n) is 28.3. The summed E-state index contributed by atoms with van der Waals surface area (Å²) in [6.45, 7) is 0. The Labute approximate surface area is 649 Å². The molecule has 18 rings (SSSR count). The number of phenols is 1. The number of aromatic nitrogens is 1.